The molecule has 0 nitrogen and oxygen atoms in total. The maximum absolute atomic E-state index is 13.6. The third kappa shape index (κ3) is 4.13. The Hall–Kier alpha value is -3.33. The second-order valence-electron chi connectivity index (χ2n) is 12.0. The highest BCUT2D eigenvalue weighted by molar-refractivity contribution is 5.76. The van der Waals surface area contributed by atoms with Crippen molar-refractivity contribution in [3.05, 3.63) is 129 Å². The Morgan fingerprint density at radius 1 is 0.744 bits per heavy atom. The van der Waals surface area contributed by atoms with E-state index in [1.165, 1.54) is 75.9 Å². The highest BCUT2D eigenvalue weighted by Crippen LogP contribution is 2.56. The van der Waals surface area contributed by atoms with Crippen LogP contribution < -0.4 is 0 Å². The van der Waals surface area contributed by atoms with Crippen molar-refractivity contribution >= 4 is 0 Å². The Morgan fingerprint density at radius 2 is 1.44 bits per heavy atom. The fourth-order valence-electron chi connectivity index (χ4n) is 7.50. The molecule has 3 aliphatic rings. The smallest absolute Gasteiger partial charge is 0.166 e. The van der Waals surface area contributed by atoms with E-state index < -0.39 is 17.2 Å². The first kappa shape index (κ1) is 24.7. The Morgan fingerprint density at radius 3 is 2.13 bits per heavy atom. The Labute approximate surface area is 228 Å². The van der Waals surface area contributed by atoms with Crippen LogP contribution in [0.3, 0.4) is 0 Å². The van der Waals surface area contributed by atoms with Gasteiger partial charge in [-0.25, -0.2) is 0 Å². The summed E-state index contributed by atoms with van der Waals surface area (Å²) < 4.78 is 40.7. The number of fused-ring (bicyclic) bond motifs is 5. The molecule has 0 amide bonds. The molecule has 3 heteroatoms. The number of aryl methyl sites for hydroxylation is 2. The predicted octanol–water partition coefficient (Wildman–Crippen LogP) is 9.79. The molecule has 0 unspecified atom stereocenters. The van der Waals surface area contributed by atoms with Gasteiger partial charge in [0, 0.05) is 5.41 Å². The monoisotopic (exact) mass is 522 g/mol. The lowest BCUT2D eigenvalue weighted by Crippen LogP contribution is -2.36. The minimum atomic E-state index is -4.35. The van der Waals surface area contributed by atoms with E-state index in [2.05, 4.69) is 67.6 Å². The summed E-state index contributed by atoms with van der Waals surface area (Å²) in [7, 11) is 0. The molecule has 0 bridgehead atoms. The molecule has 2 atom stereocenters. The van der Waals surface area contributed by atoms with Gasteiger partial charge in [0.1, 0.15) is 0 Å². The fraction of sp³-hybridized carbons (Fsp3) is 0.333. The largest absolute Gasteiger partial charge is 0.416 e. The second-order valence-corrected chi connectivity index (χ2v) is 12.0. The van der Waals surface area contributed by atoms with E-state index in [9.17, 15) is 13.2 Å². The van der Waals surface area contributed by atoms with Gasteiger partial charge < -0.3 is 0 Å². The van der Waals surface area contributed by atoms with Crippen molar-refractivity contribution in [2.45, 2.75) is 69.4 Å². The van der Waals surface area contributed by atoms with E-state index in [1.54, 1.807) is 12.1 Å². The molecular weight excluding hydrogens is 489 g/mol. The topological polar surface area (TPSA) is 0 Å². The minimum absolute atomic E-state index is 0.473. The van der Waals surface area contributed by atoms with Crippen molar-refractivity contribution in [3.63, 3.8) is 0 Å². The summed E-state index contributed by atoms with van der Waals surface area (Å²) in [4.78, 5) is 0. The lowest BCUT2D eigenvalue weighted by atomic mass is 9.58. The van der Waals surface area contributed by atoms with E-state index in [-0.39, 0.29) is 0 Å². The number of hydrogen-bond acceptors (Lipinski definition) is 0. The average molecular weight is 523 g/mol. The zero-order chi connectivity index (χ0) is 26.8. The summed E-state index contributed by atoms with van der Waals surface area (Å²) in [5.74, 6) is 1.31. The van der Waals surface area contributed by atoms with Gasteiger partial charge in [0.2, 0.25) is 0 Å². The first-order valence-corrected chi connectivity index (χ1v) is 14.3. The molecule has 0 N–H and O–H groups in total. The van der Waals surface area contributed by atoms with Gasteiger partial charge in [-0.3, -0.25) is 0 Å². The van der Waals surface area contributed by atoms with Gasteiger partial charge >= 0.3 is 6.18 Å². The molecule has 0 aromatic heterocycles. The van der Waals surface area contributed by atoms with Crippen molar-refractivity contribution in [3.8, 4) is 11.1 Å². The summed E-state index contributed by atoms with van der Waals surface area (Å²) in [5.41, 5.74) is 10.6. The highest BCUT2D eigenvalue weighted by Gasteiger charge is 2.45. The predicted molar refractivity (Wildman–Crippen MR) is 151 cm³/mol. The van der Waals surface area contributed by atoms with Crippen LogP contribution in [-0.2, 0) is 24.4 Å². The Bertz CT molecular complexity index is 1520. The molecular formula is C36H33F3. The number of alkyl halides is 3. The van der Waals surface area contributed by atoms with Gasteiger partial charge in [-0.15, -0.1) is 0 Å². The standard InChI is InChI=1S/C36H33F3/c1-23-6-11-27(12-7-23)35(28-13-15-29(16-14-28)36(37,38)39)21-20-26(22-24-8-9-24)34-32-17-10-25-4-2-3-5-30(25)31(32)18-19-33(34)35/h2-7,11-16,18-19,24,26H,8-10,17,20-22H2,1H3/t26-,35-/m0/s1. The van der Waals surface area contributed by atoms with E-state index in [0.717, 1.165) is 37.2 Å². The summed E-state index contributed by atoms with van der Waals surface area (Å²) in [5, 5.41) is 0. The quantitative estimate of drug-likeness (QED) is 0.250. The SMILES string of the molecule is Cc1ccc([C@]2(c3ccc(C(F)(F)F)cc3)CC[C@@H](CC3CC3)c3c2ccc2c3CCc3ccccc3-2)cc1. The maximum Gasteiger partial charge on any atom is 0.416 e. The van der Waals surface area contributed by atoms with Gasteiger partial charge in [-0.1, -0.05) is 91.2 Å². The van der Waals surface area contributed by atoms with Gasteiger partial charge in [0.25, 0.3) is 0 Å². The first-order chi connectivity index (χ1) is 18.8. The number of hydrogen-bond donors (Lipinski definition) is 0. The van der Waals surface area contributed by atoms with E-state index >= 15 is 0 Å². The third-order valence-corrected chi connectivity index (χ3v) is 9.61. The van der Waals surface area contributed by atoms with Crippen LogP contribution in [0.15, 0.2) is 84.9 Å². The van der Waals surface area contributed by atoms with Crippen molar-refractivity contribution < 1.29 is 13.2 Å². The number of halogens is 3. The van der Waals surface area contributed by atoms with Gasteiger partial charge in [-0.05, 0) is 108 Å². The van der Waals surface area contributed by atoms with Crippen LogP contribution >= 0.6 is 0 Å². The van der Waals surface area contributed by atoms with Crippen LogP contribution in [0.1, 0.15) is 82.5 Å². The molecule has 0 heterocycles. The second kappa shape index (κ2) is 9.11. The zero-order valence-electron chi connectivity index (χ0n) is 22.3. The molecule has 0 spiro atoms. The van der Waals surface area contributed by atoms with Gasteiger partial charge in [0.05, 0.1) is 5.56 Å². The lowest BCUT2D eigenvalue weighted by molar-refractivity contribution is -0.137. The summed E-state index contributed by atoms with van der Waals surface area (Å²) in [6.07, 6.45) is 3.54. The van der Waals surface area contributed by atoms with Crippen molar-refractivity contribution in [2.75, 3.05) is 0 Å². The van der Waals surface area contributed by atoms with E-state index in [1.807, 2.05) is 0 Å². The maximum atomic E-state index is 13.6. The molecule has 39 heavy (non-hydrogen) atoms. The summed E-state index contributed by atoms with van der Waals surface area (Å²) >= 11 is 0. The number of rotatable bonds is 4. The third-order valence-electron chi connectivity index (χ3n) is 9.61. The van der Waals surface area contributed by atoms with E-state index in [4.69, 9.17) is 0 Å². The van der Waals surface area contributed by atoms with Gasteiger partial charge in [-0.2, -0.15) is 13.2 Å². The van der Waals surface area contributed by atoms with Crippen molar-refractivity contribution in [1.29, 1.82) is 0 Å². The Balaban J connectivity index is 1.48. The normalized spacial score (nSPS) is 22.1. The minimum Gasteiger partial charge on any atom is -0.166 e. The lowest BCUT2D eigenvalue weighted by Gasteiger charge is -2.45. The highest BCUT2D eigenvalue weighted by atomic mass is 19.4. The van der Waals surface area contributed by atoms with Crippen LogP contribution in [0.25, 0.3) is 11.1 Å². The molecule has 1 fully saturated rings. The van der Waals surface area contributed by atoms with Crippen LogP contribution in [0, 0.1) is 12.8 Å². The van der Waals surface area contributed by atoms with Crippen LogP contribution in [0.5, 0.6) is 0 Å². The first-order valence-electron chi connectivity index (χ1n) is 14.3. The van der Waals surface area contributed by atoms with Crippen LogP contribution in [-0.4, -0.2) is 0 Å². The summed E-state index contributed by atoms with van der Waals surface area (Å²) in [6.45, 7) is 2.09. The molecule has 198 valence electrons. The molecule has 0 aliphatic heterocycles. The molecule has 3 aliphatic carbocycles. The molecule has 4 aromatic carbocycles. The average Bonchev–Trinajstić information content (AvgIpc) is 3.77. The molecule has 0 radical (unpaired) electrons. The fourth-order valence-corrected chi connectivity index (χ4v) is 7.50. The van der Waals surface area contributed by atoms with Gasteiger partial charge in [0.15, 0.2) is 0 Å². The zero-order valence-corrected chi connectivity index (χ0v) is 22.3. The van der Waals surface area contributed by atoms with Crippen molar-refractivity contribution in [2.24, 2.45) is 5.92 Å². The molecule has 4 aromatic rings. The van der Waals surface area contributed by atoms with Crippen molar-refractivity contribution in [1.82, 2.24) is 0 Å². The summed E-state index contributed by atoms with van der Waals surface area (Å²) in [6, 6.07) is 28.1. The van der Waals surface area contributed by atoms with Crippen LogP contribution in [0.4, 0.5) is 13.2 Å². The van der Waals surface area contributed by atoms with E-state index in [0.29, 0.717) is 5.92 Å². The van der Waals surface area contributed by atoms with Crippen LogP contribution in [0.2, 0.25) is 0 Å². The molecule has 0 saturated heterocycles. The Kier molecular flexibility index (Phi) is 5.77. The molecule has 1 saturated carbocycles. The number of benzene rings is 4. The molecule has 7 rings (SSSR count).